The summed E-state index contributed by atoms with van der Waals surface area (Å²) >= 11 is 1.26. The highest BCUT2D eigenvalue weighted by molar-refractivity contribution is 7.11. The first-order chi connectivity index (χ1) is 6.09. The van der Waals surface area contributed by atoms with E-state index in [1.165, 1.54) is 11.3 Å². The number of rotatable bonds is 4. The van der Waals surface area contributed by atoms with E-state index in [0.29, 0.717) is 5.01 Å². The molecule has 0 spiro atoms. The van der Waals surface area contributed by atoms with Gasteiger partial charge in [0.2, 0.25) is 0 Å². The van der Waals surface area contributed by atoms with Gasteiger partial charge in [0.25, 0.3) is 0 Å². The highest BCUT2D eigenvalue weighted by atomic mass is 32.1. The fourth-order valence-corrected chi connectivity index (χ4v) is 1.57. The number of carboxylic acids is 1. The van der Waals surface area contributed by atoms with Crippen LogP contribution in [0.3, 0.4) is 0 Å². The number of nitrogens with zero attached hydrogens (tertiary/aromatic N) is 1. The summed E-state index contributed by atoms with van der Waals surface area (Å²) in [5, 5.41) is 10.5. The van der Waals surface area contributed by atoms with E-state index in [9.17, 15) is 9.59 Å². The second-order valence-electron chi connectivity index (χ2n) is 2.61. The third kappa shape index (κ3) is 2.95. The molecule has 0 unspecified atom stereocenters. The Morgan fingerprint density at radius 2 is 2.23 bits per heavy atom. The number of carbonyl (C=O) groups is 2. The van der Waals surface area contributed by atoms with Crippen molar-refractivity contribution in [1.29, 1.82) is 0 Å². The van der Waals surface area contributed by atoms with E-state index in [-0.39, 0.29) is 18.6 Å². The summed E-state index contributed by atoms with van der Waals surface area (Å²) in [6.07, 6.45) is -0.0975. The van der Waals surface area contributed by atoms with E-state index < -0.39 is 5.97 Å². The third-order valence-electron chi connectivity index (χ3n) is 1.42. The third-order valence-corrected chi connectivity index (χ3v) is 2.42. The molecule has 4 nitrogen and oxygen atoms in total. The molecule has 0 aliphatic heterocycles. The minimum atomic E-state index is -0.957. The Labute approximate surface area is 79.2 Å². The van der Waals surface area contributed by atoms with Crippen LogP contribution in [0.4, 0.5) is 0 Å². The average molecular weight is 199 g/mol. The number of ketones is 1. The van der Waals surface area contributed by atoms with Crippen LogP contribution in [0.1, 0.15) is 28.3 Å². The van der Waals surface area contributed by atoms with E-state index in [1.54, 1.807) is 12.3 Å². The van der Waals surface area contributed by atoms with Gasteiger partial charge in [0.1, 0.15) is 0 Å². The number of hydrogen-bond donors (Lipinski definition) is 1. The number of thiazole rings is 1. The van der Waals surface area contributed by atoms with Crippen molar-refractivity contribution in [2.45, 2.75) is 19.8 Å². The van der Waals surface area contributed by atoms with E-state index in [4.69, 9.17) is 5.11 Å². The van der Waals surface area contributed by atoms with Crippen molar-refractivity contribution in [1.82, 2.24) is 4.98 Å². The van der Waals surface area contributed by atoms with Crippen LogP contribution in [-0.4, -0.2) is 21.8 Å². The van der Waals surface area contributed by atoms with Gasteiger partial charge in [-0.25, -0.2) is 4.98 Å². The Morgan fingerprint density at radius 1 is 1.54 bits per heavy atom. The monoisotopic (exact) mass is 199 g/mol. The maximum absolute atomic E-state index is 11.2. The molecule has 1 N–H and O–H groups in total. The molecule has 0 aromatic carbocycles. The molecule has 1 aromatic rings. The lowest BCUT2D eigenvalue weighted by atomic mass is 10.2. The summed E-state index contributed by atoms with van der Waals surface area (Å²) in [5.74, 6) is -1.15. The van der Waals surface area contributed by atoms with Crippen molar-refractivity contribution in [2.75, 3.05) is 0 Å². The second kappa shape index (κ2) is 4.13. The molecular weight excluding hydrogens is 190 g/mol. The van der Waals surface area contributed by atoms with Crippen LogP contribution < -0.4 is 0 Å². The maximum atomic E-state index is 11.2. The van der Waals surface area contributed by atoms with Gasteiger partial charge in [-0.05, 0) is 6.92 Å². The van der Waals surface area contributed by atoms with Crippen molar-refractivity contribution >= 4 is 23.1 Å². The number of aliphatic carboxylic acids is 1. The van der Waals surface area contributed by atoms with Crippen LogP contribution in [-0.2, 0) is 4.79 Å². The molecule has 0 aliphatic carbocycles. The second-order valence-corrected chi connectivity index (χ2v) is 3.47. The van der Waals surface area contributed by atoms with Gasteiger partial charge in [0, 0.05) is 17.5 Å². The Kier molecular flexibility index (Phi) is 3.13. The van der Waals surface area contributed by atoms with E-state index in [1.807, 2.05) is 0 Å². The average Bonchev–Trinajstić information content (AvgIpc) is 2.47. The molecule has 0 aliphatic rings. The topological polar surface area (TPSA) is 67.3 Å². The standard InChI is InChI=1S/C8H9NO3S/c1-5-4-13-8(9-5)6(10)2-3-7(11)12/h4H,2-3H2,1H3,(H,11,12). The van der Waals surface area contributed by atoms with Gasteiger partial charge in [-0.3, -0.25) is 9.59 Å². The Hall–Kier alpha value is -1.23. The molecule has 5 heteroatoms. The lowest BCUT2D eigenvalue weighted by molar-refractivity contribution is -0.136. The highest BCUT2D eigenvalue weighted by Gasteiger charge is 2.11. The van der Waals surface area contributed by atoms with Crippen molar-refractivity contribution in [3.05, 3.63) is 16.1 Å². The van der Waals surface area contributed by atoms with Crippen LogP contribution in [0.5, 0.6) is 0 Å². The molecule has 0 radical (unpaired) electrons. The lowest BCUT2D eigenvalue weighted by Crippen LogP contribution is -2.03. The summed E-state index contributed by atoms with van der Waals surface area (Å²) in [7, 11) is 0. The Balaban J connectivity index is 2.54. The van der Waals surface area contributed by atoms with Crippen LogP contribution in [0.2, 0.25) is 0 Å². The smallest absolute Gasteiger partial charge is 0.303 e. The summed E-state index contributed by atoms with van der Waals surface area (Å²) in [6, 6.07) is 0. The van der Waals surface area contributed by atoms with Gasteiger partial charge in [-0.1, -0.05) is 0 Å². The quantitative estimate of drug-likeness (QED) is 0.746. The zero-order chi connectivity index (χ0) is 9.84. The minimum absolute atomic E-state index is 0.0300. The van der Waals surface area contributed by atoms with Gasteiger partial charge < -0.3 is 5.11 Å². The molecule has 1 heterocycles. The van der Waals surface area contributed by atoms with Crippen LogP contribution in [0.15, 0.2) is 5.38 Å². The molecule has 0 atom stereocenters. The number of hydrogen-bond acceptors (Lipinski definition) is 4. The van der Waals surface area contributed by atoms with Gasteiger partial charge in [-0.15, -0.1) is 11.3 Å². The zero-order valence-electron chi connectivity index (χ0n) is 7.11. The van der Waals surface area contributed by atoms with Crippen molar-refractivity contribution in [3.8, 4) is 0 Å². The largest absolute Gasteiger partial charge is 0.481 e. The number of carboxylic acid groups (broad SMARTS) is 1. The first kappa shape index (κ1) is 9.85. The molecule has 1 aromatic heterocycles. The van der Waals surface area contributed by atoms with E-state index in [0.717, 1.165) is 5.69 Å². The molecule has 1 rings (SSSR count). The summed E-state index contributed by atoms with van der Waals surface area (Å²) < 4.78 is 0. The van der Waals surface area contributed by atoms with Gasteiger partial charge in [0.15, 0.2) is 10.8 Å². The molecule has 0 saturated heterocycles. The minimum Gasteiger partial charge on any atom is -0.481 e. The van der Waals surface area contributed by atoms with Crippen molar-refractivity contribution in [3.63, 3.8) is 0 Å². The van der Waals surface area contributed by atoms with Gasteiger partial charge >= 0.3 is 5.97 Å². The van der Waals surface area contributed by atoms with Crippen molar-refractivity contribution in [2.24, 2.45) is 0 Å². The molecule has 0 fully saturated rings. The molecular formula is C8H9NO3S. The molecule has 0 amide bonds. The number of aryl methyl sites for hydroxylation is 1. The molecule has 70 valence electrons. The van der Waals surface area contributed by atoms with E-state index >= 15 is 0 Å². The van der Waals surface area contributed by atoms with E-state index in [2.05, 4.69) is 4.98 Å². The molecule has 0 saturated carbocycles. The zero-order valence-corrected chi connectivity index (χ0v) is 7.93. The lowest BCUT2D eigenvalue weighted by Gasteiger charge is -1.92. The van der Waals surface area contributed by atoms with Crippen LogP contribution in [0.25, 0.3) is 0 Å². The number of carbonyl (C=O) groups excluding carboxylic acids is 1. The predicted octanol–water partition coefficient (Wildman–Crippen LogP) is 1.50. The number of aromatic nitrogens is 1. The van der Waals surface area contributed by atoms with Gasteiger partial charge in [-0.2, -0.15) is 0 Å². The first-order valence-corrected chi connectivity index (χ1v) is 4.64. The Bertz CT molecular complexity index is 332. The maximum Gasteiger partial charge on any atom is 0.303 e. The van der Waals surface area contributed by atoms with Gasteiger partial charge in [0.05, 0.1) is 6.42 Å². The summed E-state index contributed by atoms with van der Waals surface area (Å²) in [6.45, 7) is 1.80. The summed E-state index contributed by atoms with van der Waals surface area (Å²) in [4.78, 5) is 25.4. The fraction of sp³-hybridized carbons (Fsp3) is 0.375. The fourth-order valence-electron chi connectivity index (χ4n) is 0.809. The summed E-state index contributed by atoms with van der Waals surface area (Å²) in [5.41, 5.74) is 0.795. The van der Waals surface area contributed by atoms with Crippen LogP contribution in [0, 0.1) is 6.92 Å². The number of Topliss-reactive ketones (excluding diaryl/α,β-unsaturated/α-hetero) is 1. The Morgan fingerprint density at radius 3 is 2.69 bits per heavy atom. The SMILES string of the molecule is Cc1csc(C(=O)CCC(=O)O)n1. The first-order valence-electron chi connectivity index (χ1n) is 3.76. The highest BCUT2D eigenvalue weighted by Crippen LogP contribution is 2.11. The predicted molar refractivity (Wildman–Crippen MR) is 48.1 cm³/mol. The normalized spacial score (nSPS) is 9.92. The van der Waals surface area contributed by atoms with Crippen LogP contribution >= 0.6 is 11.3 Å². The molecule has 0 bridgehead atoms. The van der Waals surface area contributed by atoms with Crippen molar-refractivity contribution < 1.29 is 14.7 Å². The molecule has 13 heavy (non-hydrogen) atoms.